The quantitative estimate of drug-likeness (QED) is 0.445. The number of aryl methyl sites for hydroxylation is 1. The maximum Gasteiger partial charge on any atom is 0.297 e. The molecule has 0 aliphatic carbocycles. The predicted molar refractivity (Wildman–Crippen MR) is 124 cm³/mol. The number of hydrogen-bond acceptors (Lipinski definition) is 6. The van der Waals surface area contributed by atoms with Gasteiger partial charge in [-0.05, 0) is 43.3 Å². The number of hydrogen-bond donors (Lipinski definition) is 1. The Morgan fingerprint density at radius 3 is 2.23 bits per heavy atom. The smallest absolute Gasteiger partial charge is 0.297 e. The molecule has 2 rings (SSSR count). The summed E-state index contributed by atoms with van der Waals surface area (Å²) in [6, 6.07) is 9.93. The van der Waals surface area contributed by atoms with Crippen LogP contribution in [0.4, 0.5) is 5.82 Å². The van der Waals surface area contributed by atoms with Crippen molar-refractivity contribution in [2.45, 2.75) is 63.8 Å². The van der Waals surface area contributed by atoms with Crippen molar-refractivity contribution < 1.29 is 21.8 Å². The summed E-state index contributed by atoms with van der Waals surface area (Å²) in [5, 5.41) is 2.54. The molecule has 0 spiro atoms. The van der Waals surface area contributed by atoms with Gasteiger partial charge in [-0.25, -0.2) is 4.98 Å². The topological polar surface area (TPSA) is 94.6 Å². The number of nitrogens with zero attached hydrogens (tertiary/aromatic N) is 1. The van der Waals surface area contributed by atoms with Crippen LogP contribution in [0.15, 0.2) is 47.5 Å². The van der Waals surface area contributed by atoms with Crippen LogP contribution in [-0.2, 0) is 23.5 Å². The maximum atomic E-state index is 12.7. The van der Waals surface area contributed by atoms with E-state index in [1.807, 2.05) is 6.92 Å². The fourth-order valence-corrected chi connectivity index (χ4v) is 4.68. The molecule has 1 aromatic heterocycles. The van der Waals surface area contributed by atoms with E-state index in [1.165, 1.54) is 19.1 Å². The highest BCUT2D eigenvalue weighted by Gasteiger charge is 2.40. The van der Waals surface area contributed by atoms with Crippen molar-refractivity contribution in [1.29, 1.82) is 0 Å². The van der Waals surface area contributed by atoms with E-state index >= 15 is 0 Å². The average molecular weight is 465 g/mol. The Hall–Kier alpha value is -2.07. The zero-order valence-electron chi connectivity index (χ0n) is 19.2. The van der Waals surface area contributed by atoms with Gasteiger partial charge in [0.25, 0.3) is 10.1 Å². The molecule has 0 fully saturated rings. The number of benzene rings is 1. The van der Waals surface area contributed by atoms with Gasteiger partial charge in [0.05, 0.1) is 17.6 Å². The Morgan fingerprint density at radius 2 is 1.74 bits per heavy atom. The van der Waals surface area contributed by atoms with Gasteiger partial charge >= 0.3 is 0 Å². The van der Waals surface area contributed by atoms with Gasteiger partial charge in [0.1, 0.15) is 5.82 Å². The van der Waals surface area contributed by atoms with Gasteiger partial charge in [-0.15, -0.1) is 0 Å². The van der Waals surface area contributed by atoms with E-state index in [-0.39, 0.29) is 22.4 Å². The Bertz CT molecular complexity index is 998. The highest BCUT2D eigenvalue weighted by atomic mass is 32.2. The Labute approximate surface area is 186 Å². The molecule has 2 aromatic rings. The second-order valence-electron chi connectivity index (χ2n) is 9.08. The van der Waals surface area contributed by atoms with Gasteiger partial charge in [0.2, 0.25) is 5.91 Å². The van der Waals surface area contributed by atoms with Gasteiger partial charge in [0, 0.05) is 18.7 Å². The first-order valence-corrected chi connectivity index (χ1v) is 14.4. The lowest BCUT2D eigenvalue weighted by molar-refractivity contribution is -0.114. The molecule has 0 saturated carbocycles. The molecule has 31 heavy (non-hydrogen) atoms. The highest BCUT2D eigenvalue weighted by Crippen LogP contribution is 2.40. The minimum Gasteiger partial charge on any atom is -0.407 e. The summed E-state index contributed by atoms with van der Waals surface area (Å²) in [7, 11) is -6.18. The number of anilines is 1. The van der Waals surface area contributed by atoms with Gasteiger partial charge in [-0.3, -0.25) is 8.98 Å². The summed E-state index contributed by atoms with van der Waals surface area (Å²) >= 11 is 0. The second-order valence-corrected chi connectivity index (χ2v) is 15.4. The number of nitrogens with one attached hydrogen (secondary N) is 1. The van der Waals surface area contributed by atoms with E-state index in [0.717, 1.165) is 5.56 Å². The number of carbonyl (C=O) groups excluding carboxylic acids is 1. The molecule has 1 N–H and O–H groups in total. The van der Waals surface area contributed by atoms with Crippen molar-refractivity contribution in [2.24, 2.45) is 0 Å². The number of amides is 1. The minimum atomic E-state index is -3.94. The SMILES string of the molecule is CC(=O)Nc1ccc([C@@H](COS(=O)(=O)c2ccc(C)cc2)O[Si](C)(C)C(C)(C)C)cn1. The summed E-state index contributed by atoms with van der Waals surface area (Å²) in [5.41, 5.74) is 1.64. The molecule has 0 radical (unpaired) electrons. The molecule has 1 heterocycles. The van der Waals surface area contributed by atoms with E-state index in [2.05, 4.69) is 44.2 Å². The lowest BCUT2D eigenvalue weighted by Crippen LogP contribution is -2.42. The zero-order valence-corrected chi connectivity index (χ0v) is 21.0. The van der Waals surface area contributed by atoms with E-state index in [1.54, 1.807) is 30.5 Å². The van der Waals surface area contributed by atoms with Crippen LogP contribution in [0.5, 0.6) is 0 Å². The second kappa shape index (κ2) is 9.60. The molecule has 0 saturated heterocycles. The Balaban J connectivity index is 2.29. The van der Waals surface area contributed by atoms with Crippen molar-refractivity contribution >= 4 is 30.2 Å². The lowest BCUT2D eigenvalue weighted by atomic mass is 10.2. The van der Waals surface area contributed by atoms with Crippen molar-refractivity contribution in [3.63, 3.8) is 0 Å². The van der Waals surface area contributed by atoms with Crippen LogP contribution < -0.4 is 5.32 Å². The molecule has 0 bridgehead atoms. The van der Waals surface area contributed by atoms with Crippen LogP contribution in [0, 0.1) is 6.92 Å². The summed E-state index contributed by atoms with van der Waals surface area (Å²) in [6.45, 7) is 13.6. The fourth-order valence-electron chi connectivity index (χ4n) is 2.51. The molecule has 0 aliphatic rings. The van der Waals surface area contributed by atoms with Crippen LogP contribution in [0.1, 0.15) is 44.9 Å². The van der Waals surface area contributed by atoms with Crippen molar-refractivity contribution in [3.05, 3.63) is 53.7 Å². The molecule has 0 aliphatic heterocycles. The summed E-state index contributed by atoms with van der Waals surface area (Å²) in [6.07, 6.45) is 0.949. The molecule has 1 atom stereocenters. The van der Waals surface area contributed by atoms with Gasteiger partial charge in [-0.1, -0.05) is 44.5 Å². The van der Waals surface area contributed by atoms with Crippen LogP contribution in [0.25, 0.3) is 0 Å². The predicted octanol–water partition coefficient (Wildman–Crippen LogP) is 4.82. The monoisotopic (exact) mass is 464 g/mol. The first kappa shape index (κ1) is 25.2. The molecule has 1 amide bonds. The molecule has 170 valence electrons. The third-order valence-corrected chi connectivity index (χ3v) is 11.2. The molecular formula is C22H32N2O5SSi. The molecule has 9 heteroatoms. The van der Waals surface area contributed by atoms with E-state index < -0.39 is 24.5 Å². The van der Waals surface area contributed by atoms with Gasteiger partial charge in [0.15, 0.2) is 8.32 Å². The number of carbonyl (C=O) groups is 1. The largest absolute Gasteiger partial charge is 0.407 e. The first-order valence-electron chi connectivity index (χ1n) is 10.1. The first-order chi connectivity index (χ1) is 14.2. The molecular weight excluding hydrogens is 432 g/mol. The maximum absolute atomic E-state index is 12.7. The van der Waals surface area contributed by atoms with Crippen molar-refractivity contribution in [1.82, 2.24) is 4.98 Å². The highest BCUT2D eigenvalue weighted by molar-refractivity contribution is 7.86. The number of rotatable bonds is 8. The summed E-state index contributed by atoms with van der Waals surface area (Å²) < 4.78 is 37.3. The molecule has 1 aromatic carbocycles. The Kier molecular flexibility index (Phi) is 7.80. The minimum absolute atomic E-state index is 0.0787. The van der Waals surface area contributed by atoms with Crippen LogP contribution >= 0.6 is 0 Å². The molecule has 7 nitrogen and oxygen atoms in total. The van der Waals surface area contributed by atoms with Crippen LogP contribution in [0.2, 0.25) is 18.1 Å². The lowest BCUT2D eigenvalue weighted by Gasteiger charge is -2.39. The van der Waals surface area contributed by atoms with E-state index in [4.69, 9.17) is 8.61 Å². The van der Waals surface area contributed by atoms with Gasteiger partial charge < -0.3 is 9.74 Å². The number of pyridine rings is 1. The van der Waals surface area contributed by atoms with Crippen molar-refractivity contribution in [3.8, 4) is 0 Å². The fraction of sp³-hybridized carbons (Fsp3) is 0.455. The van der Waals surface area contributed by atoms with Crippen LogP contribution in [0.3, 0.4) is 0 Å². The van der Waals surface area contributed by atoms with Gasteiger partial charge in [-0.2, -0.15) is 8.42 Å². The average Bonchev–Trinajstić information content (AvgIpc) is 2.65. The normalized spacial score (nSPS) is 13.6. The van der Waals surface area contributed by atoms with E-state index in [0.29, 0.717) is 11.4 Å². The summed E-state index contributed by atoms with van der Waals surface area (Å²) in [4.78, 5) is 15.6. The standard InChI is InChI=1S/C22H32N2O5SSi/c1-16-8-11-19(12-9-16)30(26,27)28-15-20(29-31(6,7)22(3,4)5)18-10-13-21(23-14-18)24-17(2)25/h8-14,20H,15H2,1-7H3,(H,23,24,25)/t20-/m1/s1. The molecule has 0 unspecified atom stereocenters. The summed E-state index contributed by atoms with van der Waals surface area (Å²) in [5.74, 6) is 0.192. The van der Waals surface area contributed by atoms with E-state index in [9.17, 15) is 13.2 Å². The number of aromatic nitrogens is 1. The third kappa shape index (κ3) is 6.96. The zero-order chi connectivity index (χ0) is 23.4. The van der Waals surface area contributed by atoms with Crippen LogP contribution in [-0.4, -0.2) is 34.2 Å². The Morgan fingerprint density at radius 1 is 1.13 bits per heavy atom. The van der Waals surface area contributed by atoms with Crippen molar-refractivity contribution in [2.75, 3.05) is 11.9 Å². The third-order valence-electron chi connectivity index (χ3n) is 5.39.